The number of benzene rings is 3. The van der Waals surface area contributed by atoms with Gasteiger partial charge in [-0.1, -0.05) is 24.8 Å². The Balaban J connectivity index is 1.41. The van der Waals surface area contributed by atoms with Crippen molar-refractivity contribution in [2.45, 2.75) is 32.6 Å². The molecular weight excluding hydrogens is 466 g/mol. The Bertz CT molecular complexity index is 1190. The third-order valence-electron chi connectivity index (χ3n) is 5.29. The predicted octanol–water partition coefficient (Wildman–Crippen LogP) is 6.91. The summed E-state index contributed by atoms with van der Waals surface area (Å²) in [7, 11) is 0. The van der Waals surface area contributed by atoms with Crippen LogP contribution in [0.4, 0.5) is 8.78 Å². The van der Waals surface area contributed by atoms with E-state index in [1.807, 2.05) is 0 Å². The van der Waals surface area contributed by atoms with Crippen molar-refractivity contribution < 1.29 is 32.6 Å². The first kappa shape index (κ1) is 26.6. The molecule has 0 atom stereocenters. The molecule has 7 heteroatoms. The molecule has 3 rings (SSSR count). The normalized spacial score (nSPS) is 10.5. The SMILES string of the molecule is C=C(C)C(=O)OCCCCCCOc1ccc(C(=O)Oc2ccc(-c3ccc(F)cc3)cc2F)cc1. The average molecular weight is 495 g/mol. The van der Waals surface area contributed by atoms with Gasteiger partial charge < -0.3 is 14.2 Å². The standard InChI is InChI=1S/C29H28F2O5/c1-20(2)28(32)35-18-6-4-3-5-17-34-25-14-9-22(10-15-25)29(33)36-27-16-11-23(19-26(27)31)21-7-12-24(30)13-8-21/h7-16,19H,1,3-6,17-18H2,2H3. The molecular formula is C29H28F2O5. The third kappa shape index (κ3) is 8.05. The second kappa shape index (κ2) is 13.2. The van der Waals surface area contributed by atoms with Crippen LogP contribution in [-0.2, 0) is 9.53 Å². The minimum Gasteiger partial charge on any atom is -0.494 e. The van der Waals surface area contributed by atoms with Crippen LogP contribution >= 0.6 is 0 Å². The van der Waals surface area contributed by atoms with Gasteiger partial charge in [0.15, 0.2) is 11.6 Å². The highest BCUT2D eigenvalue weighted by Gasteiger charge is 2.13. The van der Waals surface area contributed by atoms with E-state index in [1.54, 1.807) is 49.4 Å². The van der Waals surface area contributed by atoms with Gasteiger partial charge in [-0.3, -0.25) is 0 Å². The molecule has 0 N–H and O–H groups in total. The molecule has 0 aliphatic carbocycles. The van der Waals surface area contributed by atoms with Crippen molar-refractivity contribution in [3.05, 3.63) is 96.1 Å². The first-order valence-electron chi connectivity index (χ1n) is 11.7. The zero-order chi connectivity index (χ0) is 25.9. The molecule has 36 heavy (non-hydrogen) atoms. The van der Waals surface area contributed by atoms with Crippen molar-refractivity contribution in [1.29, 1.82) is 0 Å². The van der Waals surface area contributed by atoms with E-state index in [0.717, 1.165) is 25.7 Å². The quantitative estimate of drug-likeness (QED) is 0.119. The second-order valence-electron chi connectivity index (χ2n) is 8.24. The molecule has 3 aromatic carbocycles. The smallest absolute Gasteiger partial charge is 0.343 e. The number of hydrogen-bond donors (Lipinski definition) is 0. The molecule has 0 spiro atoms. The zero-order valence-electron chi connectivity index (χ0n) is 20.1. The first-order chi connectivity index (χ1) is 17.3. The van der Waals surface area contributed by atoms with Crippen LogP contribution < -0.4 is 9.47 Å². The van der Waals surface area contributed by atoms with Gasteiger partial charge in [0.05, 0.1) is 18.8 Å². The molecule has 0 aliphatic rings. The Morgan fingerprint density at radius 2 is 1.44 bits per heavy atom. The van der Waals surface area contributed by atoms with E-state index in [9.17, 15) is 18.4 Å². The summed E-state index contributed by atoms with van der Waals surface area (Å²) in [5.74, 6) is -1.72. The fraction of sp³-hybridized carbons (Fsp3) is 0.241. The number of ether oxygens (including phenoxy) is 3. The van der Waals surface area contributed by atoms with Gasteiger partial charge >= 0.3 is 11.9 Å². The lowest BCUT2D eigenvalue weighted by atomic mass is 10.1. The minimum atomic E-state index is -0.695. The Kier molecular flexibility index (Phi) is 9.74. The monoisotopic (exact) mass is 494 g/mol. The largest absolute Gasteiger partial charge is 0.494 e. The van der Waals surface area contributed by atoms with Gasteiger partial charge in [-0.15, -0.1) is 0 Å². The number of rotatable bonds is 12. The van der Waals surface area contributed by atoms with Crippen LogP contribution in [0.15, 0.2) is 78.9 Å². The molecule has 0 unspecified atom stereocenters. The van der Waals surface area contributed by atoms with E-state index in [1.165, 1.54) is 24.3 Å². The van der Waals surface area contributed by atoms with Crippen molar-refractivity contribution in [1.82, 2.24) is 0 Å². The number of carbonyl (C=O) groups excluding carboxylic acids is 2. The highest BCUT2D eigenvalue weighted by Crippen LogP contribution is 2.26. The zero-order valence-corrected chi connectivity index (χ0v) is 20.1. The predicted molar refractivity (Wildman–Crippen MR) is 133 cm³/mol. The van der Waals surface area contributed by atoms with Crippen molar-refractivity contribution in [3.8, 4) is 22.6 Å². The van der Waals surface area contributed by atoms with Gasteiger partial charge in [0.25, 0.3) is 0 Å². The van der Waals surface area contributed by atoms with Gasteiger partial charge in [0.2, 0.25) is 0 Å². The number of hydrogen-bond acceptors (Lipinski definition) is 5. The summed E-state index contributed by atoms with van der Waals surface area (Å²) in [6.07, 6.45) is 3.47. The van der Waals surface area contributed by atoms with Crippen LogP contribution in [0.3, 0.4) is 0 Å². The average Bonchev–Trinajstić information content (AvgIpc) is 2.87. The lowest BCUT2D eigenvalue weighted by Crippen LogP contribution is -2.09. The van der Waals surface area contributed by atoms with Crippen LogP contribution in [0, 0.1) is 11.6 Å². The van der Waals surface area contributed by atoms with E-state index in [2.05, 4.69) is 6.58 Å². The van der Waals surface area contributed by atoms with Gasteiger partial charge in [-0.2, -0.15) is 0 Å². The fourth-order valence-electron chi connectivity index (χ4n) is 3.29. The number of esters is 2. The summed E-state index contributed by atoms with van der Waals surface area (Å²) in [6.45, 7) is 6.05. The maximum atomic E-state index is 14.5. The lowest BCUT2D eigenvalue weighted by molar-refractivity contribution is -0.139. The summed E-state index contributed by atoms with van der Waals surface area (Å²) in [4.78, 5) is 23.7. The summed E-state index contributed by atoms with van der Waals surface area (Å²) in [5, 5.41) is 0. The molecule has 0 radical (unpaired) electrons. The molecule has 0 aliphatic heterocycles. The topological polar surface area (TPSA) is 61.8 Å². The molecule has 0 fully saturated rings. The number of unbranched alkanes of at least 4 members (excludes halogenated alkanes) is 3. The lowest BCUT2D eigenvalue weighted by Gasteiger charge is -2.09. The second-order valence-corrected chi connectivity index (χ2v) is 8.24. The van der Waals surface area contributed by atoms with Crippen molar-refractivity contribution in [2.24, 2.45) is 0 Å². The van der Waals surface area contributed by atoms with Crippen LogP contribution in [0.5, 0.6) is 11.5 Å². The van der Waals surface area contributed by atoms with Gasteiger partial charge in [-0.25, -0.2) is 18.4 Å². The highest BCUT2D eigenvalue weighted by atomic mass is 19.1. The summed E-state index contributed by atoms with van der Waals surface area (Å²) in [6, 6.07) is 16.3. The van der Waals surface area contributed by atoms with E-state index in [0.29, 0.717) is 35.7 Å². The molecule has 0 saturated carbocycles. The van der Waals surface area contributed by atoms with Crippen LogP contribution in [-0.4, -0.2) is 25.2 Å². The number of carbonyl (C=O) groups is 2. The van der Waals surface area contributed by atoms with Crippen LogP contribution in [0.1, 0.15) is 43.0 Å². The van der Waals surface area contributed by atoms with Crippen LogP contribution in [0.2, 0.25) is 0 Å². The van der Waals surface area contributed by atoms with E-state index >= 15 is 0 Å². The maximum Gasteiger partial charge on any atom is 0.343 e. The van der Waals surface area contributed by atoms with E-state index in [4.69, 9.17) is 14.2 Å². The van der Waals surface area contributed by atoms with Crippen molar-refractivity contribution >= 4 is 11.9 Å². The van der Waals surface area contributed by atoms with E-state index in [-0.39, 0.29) is 23.1 Å². The number of halogens is 2. The molecule has 0 heterocycles. The van der Waals surface area contributed by atoms with E-state index < -0.39 is 11.8 Å². The molecule has 188 valence electrons. The molecule has 3 aromatic rings. The third-order valence-corrected chi connectivity index (χ3v) is 5.29. The summed E-state index contributed by atoms with van der Waals surface area (Å²) >= 11 is 0. The van der Waals surface area contributed by atoms with Gasteiger partial charge in [-0.05, 0) is 92.3 Å². The molecule has 0 aromatic heterocycles. The Hall–Kier alpha value is -4.00. The molecule has 5 nitrogen and oxygen atoms in total. The first-order valence-corrected chi connectivity index (χ1v) is 11.7. The van der Waals surface area contributed by atoms with Crippen LogP contribution in [0.25, 0.3) is 11.1 Å². The van der Waals surface area contributed by atoms with Crippen molar-refractivity contribution in [3.63, 3.8) is 0 Å². The van der Waals surface area contributed by atoms with Gasteiger partial charge in [0.1, 0.15) is 11.6 Å². The van der Waals surface area contributed by atoms with Crippen molar-refractivity contribution in [2.75, 3.05) is 13.2 Å². The Labute approximate surface area is 209 Å². The van der Waals surface area contributed by atoms with Gasteiger partial charge in [0, 0.05) is 5.57 Å². The molecule has 0 bridgehead atoms. The minimum absolute atomic E-state index is 0.194. The summed E-state index contributed by atoms with van der Waals surface area (Å²) < 4.78 is 43.5. The Morgan fingerprint density at radius 1 is 0.806 bits per heavy atom. The molecule has 0 saturated heterocycles. The summed E-state index contributed by atoms with van der Waals surface area (Å²) in [5.41, 5.74) is 1.84. The maximum absolute atomic E-state index is 14.5. The fourth-order valence-corrected chi connectivity index (χ4v) is 3.29. The Morgan fingerprint density at radius 3 is 2.08 bits per heavy atom. The molecule has 0 amide bonds. The highest BCUT2D eigenvalue weighted by molar-refractivity contribution is 5.91.